The van der Waals surface area contributed by atoms with Crippen LogP contribution in [0, 0.1) is 6.92 Å². The Labute approximate surface area is 113 Å². The summed E-state index contributed by atoms with van der Waals surface area (Å²) in [5, 5.41) is 5.95. The largest absolute Gasteiger partial charge is 0.379 e. The van der Waals surface area contributed by atoms with Gasteiger partial charge in [-0.25, -0.2) is 5.01 Å². The molecule has 0 saturated carbocycles. The highest BCUT2D eigenvalue weighted by molar-refractivity contribution is 7.80. The summed E-state index contributed by atoms with van der Waals surface area (Å²) in [7, 11) is 0. The van der Waals surface area contributed by atoms with Gasteiger partial charge in [0.2, 0.25) is 0 Å². The highest BCUT2D eigenvalue weighted by Crippen LogP contribution is 2.02. The van der Waals surface area contributed by atoms with Crippen LogP contribution in [0.1, 0.15) is 11.1 Å². The molecule has 2 N–H and O–H groups in total. The number of benzene rings is 1. The maximum absolute atomic E-state index is 5.28. The number of ether oxygens (including phenoxy) is 1. The van der Waals surface area contributed by atoms with E-state index in [2.05, 4.69) is 46.9 Å². The molecule has 0 aliphatic carbocycles. The predicted octanol–water partition coefficient (Wildman–Crippen LogP) is 1.21. The number of hydrazine groups is 1. The third-order valence-electron chi connectivity index (χ3n) is 2.84. The molecule has 1 saturated heterocycles. The molecule has 1 aliphatic rings. The lowest BCUT2D eigenvalue weighted by molar-refractivity contribution is 0.0247. The van der Waals surface area contributed by atoms with Crippen molar-refractivity contribution in [2.45, 2.75) is 13.5 Å². The lowest BCUT2D eigenvalue weighted by atomic mass is 10.1. The van der Waals surface area contributed by atoms with Gasteiger partial charge >= 0.3 is 0 Å². The topological polar surface area (TPSA) is 36.5 Å². The molecule has 98 valence electrons. The summed E-state index contributed by atoms with van der Waals surface area (Å²) in [6, 6.07) is 8.43. The summed E-state index contributed by atoms with van der Waals surface area (Å²) in [5.74, 6) is 0. The van der Waals surface area contributed by atoms with E-state index in [4.69, 9.17) is 17.0 Å². The van der Waals surface area contributed by atoms with Crippen LogP contribution in [0.25, 0.3) is 0 Å². The second kappa shape index (κ2) is 6.68. The van der Waals surface area contributed by atoms with Crippen LogP contribution in [0.2, 0.25) is 0 Å². The van der Waals surface area contributed by atoms with E-state index in [0.717, 1.165) is 32.8 Å². The SMILES string of the molecule is Cc1ccc(CNC(=S)NN2CCOCC2)cc1. The summed E-state index contributed by atoms with van der Waals surface area (Å²) in [5.41, 5.74) is 5.67. The first-order valence-electron chi connectivity index (χ1n) is 6.17. The van der Waals surface area contributed by atoms with Crippen molar-refractivity contribution in [1.82, 2.24) is 15.8 Å². The Morgan fingerprint density at radius 3 is 2.61 bits per heavy atom. The summed E-state index contributed by atoms with van der Waals surface area (Å²) in [4.78, 5) is 0. The van der Waals surface area contributed by atoms with Gasteiger partial charge in [0.1, 0.15) is 0 Å². The van der Waals surface area contributed by atoms with Crippen molar-refractivity contribution in [3.63, 3.8) is 0 Å². The molecule has 0 radical (unpaired) electrons. The van der Waals surface area contributed by atoms with Crippen molar-refractivity contribution in [2.75, 3.05) is 26.3 Å². The zero-order chi connectivity index (χ0) is 12.8. The molecular weight excluding hydrogens is 246 g/mol. The standard InChI is InChI=1S/C13H19N3OS/c1-11-2-4-12(5-3-11)10-14-13(18)15-16-6-8-17-9-7-16/h2-5H,6-10H2,1H3,(H2,14,15,18). The van der Waals surface area contributed by atoms with Crippen LogP contribution < -0.4 is 10.7 Å². The lowest BCUT2D eigenvalue weighted by Gasteiger charge is -2.28. The molecule has 4 nitrogen and oxygen atoms in total. The number of hydrogen-bond acceptors (Lipinski definition) is 3. The second-order valence-electron chi connectivity index (χ2n) is 4.38. The third kappa shape index (κ3) is 4.25. The van der Waals surface area contributed by atoms with Crippen molar-refractivity contribution in [1.29, 1.82) is 0 Å². The zero-order valence-corrected chi connectivity index (χ0v) is 11.4. The molecular formula is C13H19N3OS. The first-order valence-corrected chi connectivity index (χ1v) is 6.57. The lowest BCUT2D eigenvalue weighted by Crippen LogP contribution is -2.51. The summed E-state index contributed by atoms with van der Waals surface area (Å²) in [6.07, 6.45) is 0. The van der Waals surface area contributed by atoms with E-state index < -0.39 is 0 Å². The van der Waals surface area contributed by atoms with Gasteiger partial charge in [0.15, 0.2) is 5.11 Å². The number of morpholine rings is 1. The van der Waals surface area contributed by atoms with Crippen LogP contribution in [0.3, 0.4) is 0 Å². The van der Waals surface area contributed by atoms with Crippen molar-refractivity contribution in [3.05, 3.63) is 35.4 Å². The number of nitrogens with one attached hydrogen (secondary N) is 2. The average Bonchev–Trinajstić information content (AvgIpc) is 2.39. The quantitative estimate of drug-likeness (QED) is 0.803. The molecule has 0 unspecified atom stereocenters. The molecule has 1 heterocycles. The Morgan fingerprint density at radius 2 is 1.94 bits per heavy atom. The highest BCUT2D eigenvalue weighted by Gasteiger charge is 2.10. The molecule has 18 heavy (non-hydrogen) atoms. The Kier molecular flexibility index (Phi) is 4.92. The predicted molar refractivity (Wildman–Crippen MR) is 76.1 cm³/mol. The van der Waals surface area contributed by atoms with Gasteiger partial charge in [-0.15, -0.1) is 0 Å². The Hall–Kier alpha value is -1.17. The summed E-state index contributed by atoms with van der Waals surface area (Å²) >= 11 is 5.26. The van der Waals surface area contributed by atoms with Gasteiger partial charge in [-0.2, -0.15) is 0 Å². The number of aryl methyl sites for hydroxylation is 1. The monoisotopic (exact) mass is 265 g/mol. The van der Waals surface area contributed by atoms with E-state index in [-0.39, 0.29) is 0 Å². The molecule has 0 amide bonds. The number of rotatable bonds is 3. The first-order chi connectivity index (χ1) is 8.74. The molecule has 0 spiro atoms. The summed E-state index contributed by atoms with van der Waals surface area (Å²) in [6.45, 7) is 6.08. The molecule has 2 rings (SSSR count). The van der Waals surface area contributed by atoms with E-state index in [9.17, 15) is 0 Å². The van der Waals surface area contributed by atoms with E-state index >= 15 is 0 Å². The molecule has 0 bridgehead atoms. The van der Waals surface area contributed by atoms with E-state index in [1.807, 2.05) is 0 Å². The molecule has 1 aliphatic heterocycles. The van der Waals surface area contributed by atoms with Gasteiger partial charge in [-0.3, -0.25) is 5.43 Å². The molecule has 0 atom stereocenters. The fourth-order valence-electron chi connectivity index (χ4n) is 1.75. The van der Waals surface area contributed by atoms with Gasteiger partial charge in [-0.1, -0.05) is 29.8 Å². The smallest absolute Gasteiger partial charge is 0.181 e. The number of thiocarbonyl (C=S) groups is 1. The van der Waals surface area contributed by atoms with Gasteiger partial charge < -0.3 is 10.1 Å². The average molecular weight is 265 g/mol. The highest BCUT2D eigenvalue weighted by atomic mass is 32.1. The maximum atomic E-state index is 5.28. The minimum atomic E-state index is 0.664. The second-order valence-corrected chi connectivity index (χ2v) is 4.79. The fraction of sp³-hybridized carbons (Fsp3) is 0.462. The minimum absolute atomic E-state index is 0.664. The fourth-order valence-corrected chi connectivity index (χ4v) is 1.95. The van der Waals surface area contributed by atoms with Crippen LogP contribution in [0.4, 0.5) is 0 Å². The number of nitrogens with zero attached hydrogens (tertiary/aromatic N) is 1. The van der Waals surface area contributed by atoms with Crippen LogP contribution in [-0.2, 0) is 11.3 Å². The van der Waals surface area contributed by atoms with Crippen LogP contribution in [-0.4, -0.2) is 36.4 Å². The third-order valence-corrected chi connectivity index (χ3v) is 3.08. The van der Waals surface area contributed by atoms with Crippen LogP contribution >= 0.6 is 12.2 Å². The Balaban J connectivity index is 1.72. The number of hydrogen-bond donors (Lipinski definition) is 2. The summed E-state index contributed by atoms with van der Waals surface area (Å²) < 4.78 is 5.28. The van der Waals surface area contributed by atoms with Crippen LogP contribution in [0.15, 0.2) is 24.3 Å². The van der Waals surface area contributed by atoms with Gasteiger partial charge in [0, 0.05) is 19.6 Å². The van der Waals surface area contributed by atoms with Crippen molar-refractivity contribution in [3.8, 4) is 0 Å². The maximum Gasteiger partial charge on any atom is 0.181 e. The molecule has 1 aromatic rings. The van der Waals surface area contributed by atoms with Crippen molar-refractivity contribution in [2.24, 2.45) is 0 Å². The van der Waals surface area contributed by atoms with Gasteiger partial charge in [0.05, 0.1) is 13.2 Å². The van der Waals surface area contributed by atoms with Crippen molar-refractivity contribution < 1.29 is 4.74 Å². The molecule has 1 fully saturated rings. The molecule has 1 aromatic carbocycles. The Bertz CT molecular complexity index is 388. The molecule has 0 aromatic heterocycles. The first kappa shape index (κ1) is 13.3. The van der Waals surface area contributed by atoms with Gasteiger partial charge in [-0.05, 0) is 24.7 Å². The Morgan fingerprint density at radius 1 is 1.28 bits per heavy atom. The molecule has 5 heteroatoms. The van der Waals surface area contributed by atoms with Gasteiger partial charge in [0.25, 0.3) is 0 Å². The zero-order valence-electron chi connectivity index (χ0n) is 10.6. The van der Waals surface area contributed by atoms with E-state index in [1.54, 1.807) is 0 Å². The normalized spacial score (nSPS) is 16.3. The van der Waals surface area contributed by atoms with Crippen molar-refractivity contribution >= 4 is 17.3 Å². The van der Waals surface area contributed by atoms with E-state index in [0.29, 0.717) is 5.11 Å². The minimum Gasteiger partial charge on any atom is -0.379 e. The van der Waals surface area contributed by atoms with E-state index in [1.165, 1.54) is 11.1 Å². The van der Waals surface area contributed by atoms with Crippen LogP contribution in [0.5, 0.6) is 0 Å².